The Balaban J connectivity index is 1.73. The lowest BCUT2D eigenvalue weighted by atomic mass is 10.2. The summed E-state index contributed by atoms with van der Waals surface area (Å²) < 4.78 is 5.41. The van der Waals surface area contributed by atoms with Gasteiger partial charge in [0.2, 0.25) is 5.91 Å². The van der Waals surface area contributed by atoms with Gasteiger partial charge in [-0.1, -0.05) is 35.9 Å². The predicted molar refractivity (Wildman–Crippen MR) is 105 cm³/mol. The van der Waals surface area contributed by atoms with Gasteiger partial charge in [0.05, 0.1) is 34.9 Å². The topological polar surface area (TPSA) is 41.6 Å². The van der Waals surface area contributed by atoms with E-state index in [-0.39, 0.29) is 11.2 Å². The number of hydrogen-bond donors (Lipinski definition) is 1. The van der Waals surface area contributed by atoms with Gasteiger partial charge in [-0.25, -0.2) is 0 Å². The van der Waals surface area contributed by atoms with Gasteiger partial charge in [-0.2, -0.15) is 0 Å². The summed E-state index contributed by atoms with van der Waals surface area (Å²) in [6.45, 7) is 4.77. The molecule has 1 fully saturated rings. The zero-order valence-corrected chi connectivity index (χ0v) is 15.6. The van der Waals surface area contributed by atoms with E-state index in [4.69, 9.17) is 16.3 Å². The van der Waals surface area contributed by atoms with Crippen molar-refractivity contribution in [2.75, 3.05) is 36.5 Å². The van der Waals surface area contributed by atoms with Crippen LogP contribution in [0.5, 0.6) is 0 Å². The lowest BCUT2D eigenvalue weighted by Crippen LogP contribution is -2.37. The Morgan fingerprint density at radius 2 is 1.88 bits per heavy atom. The second kappa shape index (κ2) is 8.61. The van der Waals surface area contributed by atoms with E-state index >= 15 is 0 Å². The molecule has 2 aromatic carbocycles. The Labute approximate surface area is 157 Å². The highest BCUT2D eigenvalue weighted by Crippen LogP contribution is 2.35. The summed E-state index contributed by atoms with van der Waals surface area (Å²) in [6, 6.07) is 15.5. The maximum Gasteiger partial charge on any atom is 0.237 e. The maximum absolute atomic E-state index is 12.6. The van der Waals surface area contributed by atoms with Crippen LogP contribution in [0.25, 0.3) is 0 Å². The number of halogens is 1. The third kappa shape index (κ3) is 4.69. The third-order valence-electron chi connectivity index (χ3n) is 4.00. The van der Waals surface area contributed by atoms with Crippen molar-refractivity contribution in [3.63, 3.8) is 0 Å². The number of nitrogens with one attached hydrogen (secondary N) is 1. The molecule has 3 rings (SSSR count). The molecule has 0 saturated carbocycles. The second-order valence-electron chi connectivity index (χ2n) is 5.80. The number of benzene rings is 2. The molecular formula is C19H21ClN2O2S. The molecule has 25 heavy (non-hydrogen) atoms. The van der Waals surface area contributed by atoms with E-state index in [1.807, 2.05) is 55.5 Å². The first-order valence-corrected chi connectivity index (χ1v) is 9.54. The van der Waals surface area contributed by atoms with Crippen molar-refractivity contribution in [2.24, 2.45) is 0 Å². The van der Waals surface area contributed by atoms with Gasteiger partial charge in [0, 0.05) is 18.0 Å². The standard InChI is InChI=1S/C19H21ClN2O2S/c1-14(25-15-6-3-2-4-7-15)19(23)21-17-9-5-8-16(20)18(17)22-10-12-24-13-11-22/h2-9,14H,10-13H2,1H3,(H,21,23). The Bertz CT molecular complexity index is 721. The SMILES string of the molecule is CC(Sc1ccccc1)C(=O)Nc1cccc(Cl)c1N1CCOCC1. The second-order valence-corrected chi connectivity index (χ2v) is 7.62. The van der Waals surface area contributed by atoms with E-state index < -0.39 is 0 Å². The average Bonchev–Trinajstić information content (AvgIpc) is 2.63. The summed E-state index contributed by atoms with van der Waals surface area (Å²) in [4.78, 5) is 15.9. The number of hydrogen-bond acceptors (Lipinski definition) is 4. The number of nitrogens with zero attached hydrogens (tertiary/aromatic N) is 1. The number of thioether (sulfide) groups is 1. The number of morpholine rings is 1. The summed E-state index contributed by atoms with van der Waals surface area (Å²) in [6.07, 6.45) is 0. The molecule has 4 nitrogen and oxygen atoms in total. The number of ether oxygens (including phenoxy) is 1. The number of rotatable bonds is 5. The minimum atomic E-state index is -0.209. The van der Waals surface area contributed by atoms with Gasteiger partial charge in [0.1, 0.15) is 0 Å². The monoisotopic (exact) mass is 376 g/mol. The van der Waals surface area contributed by atoms with Gasteiger partial charge < -0.3 is 15.0 Å². The average molecular weight is 377 g/mol. The molecule has 0 aliphatic carbocycles. The van der Waals surface area contributed by atoms with Crippen molar-refractivity contribution in [2.45, 2.75) is 17.1 Å². The summed E-state index contributed by atoms with van der Waals surface area (Å²) >= 11 is 7.95. The molecule has 2 aromatic rings. The van der Waals surface area contributed by atoms with Crippen molar-refractivity contribution in [3.05, 3.63) is 53.6 Å². The lowest BCUT2D eigenvalue weighted by Gasteiger charge is -2.31. The number of carbonyl (C=O) groups excluding carboxylic acids is 1. The zero-order chi connectivity index (χ0) is 17.6. The quantitative estimate of drug-likeness (QED) is 0.790. The van der Waals surface area contributed by atoms with Crippen molar-refractivity contribution in [1.29, 1.82) is 0 Å². The number of anilines is 2. The smallest absolute Gasteiger partial charge is 0.237 e. The molecule has 1 saturated heterocycles. The molecule has 6 heteroatoms. The maximum atomic E-state index is 12.6. The van der Waals surface area contributed by atoms with Crippen molar-refractivity contribution >= 4 is 40.6 Å². The molecule has 1 unspecified atom stereocenters. The Morgan fingerprint density at radius 3 is 2.60 bits per heavy atom. The summed E-state index contributed by atoms with van der Waals surface area (Å²) in [5, 5.41) is 3.47. The highest BCUT2D eigenvalue weighted by Gasteiger charge is 2.21. The normalized spacial score (nSPS) is 15.7. The van der Waals surface area contributed by atoms with Gasteiger partial charge in [-0.15, -0.1) is 11.8 Å². The predicted octanol–water partition coefficient (Wildman–Crippen LogP) is 4.30. The summed E-state index contributed by atoms with van der Waals surface area (Å²) in [7, 11) is 0. The van der Waals surface area contributed by atoms with Crippen LogP contribution in [0.1, 0.15) is 6.92 Å². The molecule has 0 bridgehead atoms. The molecule has 0 spiro atoms. The highest BCUT2D eigenvalue weighted by atomic mass is 35.5. The van der Waals surface area contributed by atoms with Crippen LogP contribution >= 0.6 is 23.4 Å². The first-order chi connectivity index (χ1) is 12.1. The van der Waals surface area contributed by atoms with Crippen LogP contribution in [-0.4, -0.2) is 37.5 Å². The summed E-state index contributed by atoms with van der Waals surface area (Å²) in [5.41, 5.74) is 1.62. The third-order valence-corrected chi connectivity index (χ3v) is 5.41. The van der Waals surface area contributed by atoms with Crippen LogP contribution in [0.15, 0.2) is 53.4 Å². The zero-order valence-electron chi connectivity index (χ0n) is 14.1. The summed E-state index contributed by atoms with van der Waals surface area (Å²) in [5.74, 6) is -0.0365. The molecule has 1 heterocycles. The van der Waals surface area contributed by atoms with E-state index in [2.05, 4.69) is 10.2 Å². The molecule has 0 radical (unpaired) electrons. The van der Waals surface area contributed by atoms with E-state index in [0.717, 1.165) is 29.4 Å². The minimum Gasteiger partial charge on any atom is -0.378 e. The Hall–Kier alpha value is -1.69. The first kappa shape index (κ1) is 18.1. The fraction of sp³-hybridized carbons (Fsp3) is 0.316. The Kier molecular flexibility index (Phi) is 6.24. The lowest BCUT2D eigenvalue weighted by molar-refractivity contribution is -0.115. The van der Waals surface area contributed by atoms with Gasteiger partial charge in [-0.3, -0.25) is 4.79 Å². The fourth-order valence-electron chi connectivity index (χ4n) is 2.72. The van der Waals surface area contributed by atoms with E-state index in [0.29, 0.717) is 18.2 Å². The van der Waals surface area contributed by atoms with Crippen molar-refractivity contribution in [1.82, 2.24) is 0 Å². The van der Waals surface area contributed by atoms with Gasteiger partial charge in [0.25, 0.3) is 0 Å². The fourth-order valence-corrected chi connectivity index (χ4v) is 3.90. The van der Waals surface area contributed by atoms with Crippen molar-refractivity contribution in [3.8, 4) is 0 Å². The molecule has 1 aliphatic heterocycles. The number of amides is 1. The van der Waals surface area contributed by atoms with Crippen LogP contribution in [0.4, 0.5) is 11.4 Å². The molecule has 1 aliphatic rings. The van der Waals surface area contributed by atoms with Crippen LogP contribution in [-0.2, 0) is 9.53 Å². The van der Waals surface area contributed by atoms with Crippen LogP contribution in [0.2, 0.25) is 5.02 Å². The number of carbonyl (C=O) groups is 1. The van der Waals surface area contributed by atoms with E-state index in [1.165, 1.54) is 11.8 Å². The van der Waals surface area contributed by atoms with E-state index in [1.54, 1.807) is 0 Å². The van der Waals surface area contributed by atoms with Crippen LogP contribution in [0.3, 0.4) is 0 Å². The van der Waals surface area contributed by atoms with Gasteiger partial charge in [0.15, 0.2) is 0 Å². The molecule has 132 valence electrons. The van der Waals surface area contributed by atoms with Gasteiger partial charge >= 0.3 is 0 Å². The molecule has 1 atom stereocenters. The van der Waals surface area contributed by atoms with E-state index in [9.17, 15) is 4.79 Å². The highest BCUT2D eigenvalue weighted by molar-refractivity contribution is 8.00. The van der Waals surface area contributed by atoms with Crippen LogP contribution < -0.4 is 10.2 Å². The largest absolute Gasteiger partial charge is 0.378 e. The molecular weight excluding hydrogens is 356 g/mol. The number of para-hydroxylation sites is 1. The van der Waals surface area contributed by atoms with Gasteiger partial charge in [-0.05, 0) is 31.2 Å². The molecule has 1 amide bonds. The Morgan fingerprint density at radius 1 is 1.16 bits per heavy atom. The van der Waals surface area contributed by atoms with Crippen molar-refractivity contribution < 1.29 is 9.53 Å². The molecule has 0 aromatic heterocycles. The van der Waals surface area contributed by atoms with Crippen LogP contribution in [0, 0.1) is 0 Å². The minimum absolute atomic E-state index is 0.0365. The first-order valence-electron chi connectivity index (χ1n) is 8.29. The molecule has 1 N–H and O–H groups in total.